The molecule has 0 atom stereocenters. The zero-order valence-electron chi connectivity index (χ0n) is 12.9. The molecule has 3 aromatic heterocycles. The Morgan fingerprint density at radius 2 is 2.04 bits per heavy atom. The molecule has 7 heteroatoms. The minimum atomic E-state index is -0.0740. The average Bonchev–Trinajstić information content (AvgIpc) is 2.91. The maximum Gasteiger partial charge on any atom is 0.327 e. The smallest absolute Gasteiger partial charge is 0.327 e. The summed E-state index contributed by atoms with van der Waals surface area (Å²) < 4.78 is 1.85. The van der Waals surface area contributed by atoms with Gasteiger partial charge in [0.25, 0.3) is 0 Å². The van der Waals surface area contributed by atoms with Crippen LogP contribution in [0.3, 0.4) is 0 Å². The molecular formula is C16H18N6O. The highest BCUT2D eigenvalue weighted by molar-refractivity contribution is 5.70. The highest BCUT2D eigenvalue weighted by Crippen LogP contribution is 2.26. The van der Waals surface area contributed by atoms with Gasteiger partial charge in [0.1, 0.15) is 12.1 Å². The summed E-state index contributed by atoms with van der Waals surface area (Å²) in [7, 11) is 0. The first-order valence-corrected chi connectivity index (χ1v) is 7.81. The summed E-state index contributed by atoms with van der Waals surface area (Å²) in [6, 6.07) is 6.01. The summed E-state index contributed by atoms with van der Waals surface area (Å²) in [4.78, 5) is 30.1. The lowest BCUT2D eigenvalue weighted by Crippen LogP contribution is -2.37. The Balaban J connectivity index is 1.57. The number of nitrogens with one attached hydrogen (secondary N) is 1. The van der Waals surface area contributed by atoms with Crippen LogP contribution in [0.4, 0.5) is 5.82 Å². The molecule has 7 nitrogen and oxygen atoms in total. The van der Waals surface area contributed by atoms with Gasteiger partial charge >= 0.3 is 5.69 Å². The minimum absolute atomic E-state index is 0.0740. The van der Waals surface area contributed by atoms with Gasteiger partial charge in [0, 0.05) is 37.1 Å². The van der Waals surface area contributed by atoms with Gasteiger partial charge in [-0.1, -0.05) is 0 Å². The maximum atomic E-state index is 12.3. The van der Waals surface area contributed by atoms with E-state index in [1.807, 2.05) is 29.7 Å². The fourth-order valence-corrected chi connectivity index (χ4v) is 3.29. The van der Waals surface area contributed by atoms with Crippen LogP contribution in [0.5, 0.6) is 0 Å². The average molecular weight is 310 g/mol. The van der Waals surface area contributed by atoms with E-state index >= 15 is 0 Å². The fraction of sp³-hybridized carbons (Fsp3) is 0.375. The number of hydrogen-bond acceptors (Lipinski definition) is 5. The second-order valence-electron chi connectivity index (χ2n) is 5.91. The van der Waals surface area contributed by atoms with Gasteiger partial charge in [-0.05, 0) is 31.9 Å². The van der Waals surface area contributed by atoms with E-state index in [1.165, 1.54) is 0 Å². The Morgan fingerprint density at radius 1 is 1.22 bits per heavy atom. The van der Waals surface area contributed by atoms with Crippen molar-refractivity contribution in [1.29, 1.82) is 0 Å². The SMILES string of the molecule is Cc1cc(N2CCC(n3c(=O)[nH]c4ncccc43)CC2)ncn1. The number of fused-ring (bicyclic) bond motifs is 1. The Labute approximate surface area is 133 Å². The summed E-state index contributed by atoms with van der Waals surface area (Å²) >= 11 is 0. The highest BCUT2D eigenvalue weighted by Gasteiger charge is 2.24. The van der Waals surface area contributed by atoms with Crippen LogP contribution in [0, 0.1) is 6.92 Å². The lowest BCUT2D eigenvalue weighted by molar-refractivity contribution is 0.395. The number of piperidine rings is 1. The third-order valence-corrected chi connectivity index (χ3v) is 4.43. The third kappa shape index (κ3) is 2.48. The van der Waals surface area contributed by atoms with E-state index in [4.69, 9.17) is 0 Å². The zero-order chi connectivity index (χ0) is 15.8. The fourth-order valence-electron chi connectivity index (χ4n) is 3.29. The van der Waals surface area contributed by atoms with Gasteiger partial charge in [-0.2, -0.15) is 0 Å². The van der Waals surface area contributed by atoms with Gasteiger partial charge in [0.15, 0.2) is 5.65 Å². The number of hydrogen-bond donors (Lipinski definition) is 1. The van der Waals surface area contributed by atoms with Gasteiger partial charge < -0.3 is 4.90 Å². The summed E-state index contributed by atoms with van der Waals surface area (Å²) in [5.74, 6) is 0.962. The molecule has 0 aromatic carbocycles. The second kappa shape index (κ2) is 5.49. The molecule has 1 aliphatic heterocycles. The number of pyridine rings is 1. The van der Waals surface area contributed by atoms with Gasteiger partial charge in [-0.15, -0.1) is 0 Å². The van der Waals surface area contributed by atoms with E-state index in [-0.39, 0.29) is 11.7 Å². The lowest BCUT2D eigenvalue weighted by Gasteiger charge is -2.33. The van der Waals surface area contributed by atoms with Gasteiger partial charge in [0.2, 0.25) is 0 Å². The summed E-state index contributed by atoms with van der Waals surface area (Å²) in [6.07, 6.45) is 5.12. The van der Waals surface area contributed by atoms with E-state index < -0.39 is 0 Å². The number of nitrogens with zero attached hydrogens (tertiary/aromatic N) is 5. The van der Waals surface area contributed by atoms with Crippen molar-refractivity contribution in [2.45, 2.75) is 25.8 Å². The molecule has 1 fully saturated rings. The molecule has 4 heterocycles. The molecule has 23 heavy (non-hydrogen) atoms. The molecule has 0 bridgehead atoms. The minimum Gasteiger partial charge on any atom is -0.356 e. The molecule has 0 saturated carbocycles. The van der Waals surface area contributed by atoms with Crippen LogP contribution in [0.25, 0.3) is 11.2 Å². The van der Waals surface area contributed by atoms with E-state index in [0.717, 1.165) is 43.0 Å². The normalized spacial score (nSPS) is 16.1. The van der Waals surface area contributed by atoms with E-state index in [1.54, 1.807) is 12.5 Å². The van der Waals surface area contributed by atoms with Crippen LogP contribution in [-0.2, 0) is 0 Å². The molecule has 1 saturated heterocycles. The number of aryl methyl sites for hydroxylation is 1. The largest absolute Gasteiger partial charge is 0.356 e. The van der Waals surface area contributed by atoms with E-state index in [9.17, 15) is 4.79 Å². The van der Waals surface area contributed by atoms with Crippen LogP contribution < -0.4 is 10.6 Å². The van der Waals surface area contributed by atoms with Crippen molar-refractivity contribution in [3.05, 3.63) is 46.9 Å². The van der Waals surface area contributed by atoms with Crippen molar-refractivity contribution in [1.82, 2.24) is 24.5 Å². The second-order valence-corrected chi connectivity index (χ2v) is 5.91. The zero-order valence-corrected chi connectivity index (χ0v) is 12.9. The Hall–Kier alpha value is -2.70. The number of anilines is 1. The van der Waals surface area contributed by atoms with Crippen molar-refractivity contribution < 1.29 is 0 Å². The molecular weight excluding hydrogens is 292 g/mol. The number of aromatic amines is 1. The van der Waals surface area contributed by atoms with Crippen molar-refractivity contribution >= 4 is 17.0 Å². The standard InChI is InChI=1S/C16H18N6O/c1-11-9-14(19-10-18-11)21-7-4-12(5-8-21)22-13-3-2-6-17-15(13)20-16(22)23/h2-3,6,9-10,12H,4-5,7-8H2,1H3,(H,17,20,23). The van der Waals surface area contributed by atoms with Crippen LogP contribution in [0.15, 0.2) is 35.5 Å². The summed E-state index contributed by atoms with van der Waals surface area (Å²) in [5, 5.41) is 0. The molecule has 118 valence electrons. The predicted octanol–water partition coefficient (Wildman–Crippen LogP) is 1.66. The molecule has 1 N–H and O–H groups in total. The first kappa shape index (κ1) is 13.9. The summed E-state index contributed by atoms with van der Waals surface area (Å²) in [6.45, 7) is 3.72. The van der Waals surface area contributed by atoms with Crippen LogP contribution in [0.2, 0.25) is 0 Å². The molecule has 0 aliphatic carbocycles. The highest BCUT2D eigenvalue weighted by atomic mass is 16.1. The van der Waals surface area contributed by atoms with E-state index in [0.29, 0.717) is 5.65 Å². The molecule has 0 spiro atoms. The molecule has 0 amide bonds. The maximum absolute atomic E-state index is 12.3. The molecule has 4 rings (SSSR count). The van der Waals surface area contributed by atoms with Crippen molar-refractivity contribution in [3.63, 3.8) is 0 Å². The first-order chi connectivity index (χ1) is 11.2. The van der Waals surface area contributed by atoms with Crippen molar-refractivity contribution in [2.24, 2.45) is 0 Å². The third-order valence-electron chi connectivity index (χ3n) is 4.43. The van der Waals surface area contributed by atoms with E-state index in [2.05, 4.69) is 24.8 Å². The van der Waals surface area contributed by atoms with Crippen LogP contribution in [-0.4, -0.2) is 37.6 Å². The lowest BCUT2D eigenvalue weighted by atomic mass is 10.0. The number of aromatic nitrogens is 5. The number of imidazole rings is 1. The van der Waals surface area contributed by atoms with Crippen LogP contribution >= 0.6 is 0 Å². The molecule has 0 unspecified atom stereocenters. The topological polar surface area (TPSA) is 79.7 Å². The monoisotopic (exact) mass is 310 g/mol. The predicted molar refractivity (Wildman–Crippen MR) is 87.6 cm³/mol. The Bertz CT molecular complexity index is 891. The quantitative estimate of drug-likeness (QED) is 0.779. The van der Waals surface area contributed by atoms with Gasteiger partial charge in [-0.25, -0.2) is 19.7 Å². The molecule has 3 aromatic rings. The Morgan fingerprint density at radius 3 is 2.83 bits per heavy atom. The summed E-state index contributed by atoms with van der Waals surface area (Å²) in [5.41, 5.74) is 2.44. The number of rotatable bonds is 2. The van der Waals surface area contributed by atoms with Crippen molar-refractivity contribution in [3.8, 4) is 0 Å². The Kier molecular flexibility index (Phi) is 3.33. The van der Waals surface area contributed by atoms with Crippen LogP contribution in [0.1, 0.15) is 24.6 Å². The molecule has 1 aliphatic rings. The first-order valence-electron chi connectivity index (χ1n) is 7.81. The number of H-pyrrole nitrogens is 1. The van der Waals surface area contributed by atoms with Gasteiger partial charge in [-0.3, -0.25) is 9.55 Å². The van der Waals surface area contributed by atoms with Gasteiger partial charge in [0.05, 0.1) is 5.52 Å². The van der Waals surface area contributed by atoms with Crippen molar-refractivity contribution in [2.75, 3.05) is 18.0 Å². The molecule has 0 radical (unpaired) electrons.